The SMILES string of the molecule is c1ccc(-c2cc3ccccc3c3ccccc23)c(-c2nc(-c3ccc(-c4cccc5ccccc45)cc3)nc(-c3cccc4c3oc3ccccc34)n2)c1. The summed E-state index contributed by atoms with van der Waals surface area (Å²) in [5.41, 5.74) is 8.75. The second-order valence-electron chi connectivity index (χ2n) is 13.9. The summed E-state index contributed by atoms with van der Waals surface area (Å²) in [7, 11) is 0. The molecule has 0 atom stereocenters. The van der Waals surface area contributed by atoms with Gasteiger partial charge < -0.3 is 4.42 Å². The van der Waals surface area contributed by atoms with Crippen molar-refractivity contribution in [1.29, 1.82) is 0 Å². The molecular weight excluding hydrogens is 671 g/mol. The summed E-state index contributed by atoms with van der Waals surface area (Å²) in [6.07, 6.45) is 0. The summed E-state index contributed by atoms with van der Waals surface area (Å²) in [4.78, 5) is 15.7. The maximum absolute atomic E-state index is 6.51. The number of hydrogen-bond donors (Lipinski definition) is 0. The van der Waals surface area contributed by atoms with Crippen molar-refractivity contribution in [3.8, 4) is 56.4 Å². The molecule has 9 aromatic carbocycles. The van der Waals surface area contributed by atoms with Crippen LogP contribution < -0.4 is 0 Å². The molecule has 2 heterocycles. The normalized spacial score (nSPS) is 11.6. The molecule has 0 spiro atoms. The number of hydrogen-bond acceptors (Lipinski definition) is 4. The van der Waals surface area contributed by atoms with Gasteiger partial charge in [-0.3, -0.25) is 0 Å². The van der Waals surface area contributed by atoms with Crippen molar-refractivity contribution >= 4 is 54.3 Å². The van der Waals surface area contributed by atoms with Crippen LogP contribution in [0.1, 0.15) is 0 Å². The first-order valence-corrected chi connectivity index (χ1v) is 18.5. The van der Waals surface area contributed by atoms with Gasteiger partial charge >= 0.3 is 0 Å². The van der Waals surface area contributed by atoms with E-state index in [4.69, 9.17) is 19.4 Å². The van der Waals surface area contributed by atoms with Gasteiger partial charge in [0.1, 0.15) is 11.2 Å². The van der Waals surface area contributed by atoms with Crippen molar-refractivity contribution in [2.75, 3.05) is 0 Å². The fraction of sp³-hybridized carbons (Fsp3) is 0. The van der Waals surface area contributed by atoms with E-state index in [1.807, 2.05) is 24.3 Å². The molecule has 0 unspecified atom stereocenters. The molecule has 11 aromatic rings. The molecule has 0 saturated heterocycles. The highest BCUT2D eigenvalue weighted by atomic mass is 16.3. The van der Waals surface area contributed by atoms with Crippen molar-refractivity contribution in [3.63, 3.8) is 0 Å². The van der Waals surface area contributed by atoms with Gasteiger partial charge in [-0.25, -0.2) is 15.0 Å². The summed E-state index contributed by atoms with van der Waals surface area (Å²) in [5, 5.41) is 9.34. The summed E-state index contributed by atoms with van der Waals surface area (Å²) in [6, 6.07) is 65.8. The Morgan fingerprint density at radius 2 is 0.818 bits per heavy atom. The summed E-state index contributed by atoms with van der Waals surface area (Å²) >= 11 is 0. The summed E-state index contributed by atoms with van der Waals surface area (Å²) < 4.78 is 6.51. The van der Waals surface area contributed by atoms with Gasteiger partial charge in [0.15, 0.2) is 17.5 Å². The molecule has 0 radical (unpaired) electrons. The molecule has 4 nitrogen and oxygen atoms in total. The van der Waals surface area contributed by atoms with Gasteiger partial charge in [-0.1, -0.05) is 170 Å². The molecule has 256 valence electrons. The lowest BCUT2D eigenvalue weighted by Crippen LogP contribution is -2.01. The molecule has 4 heteroatoms. The average molecular weight is 702 g/mol. The topological polar surface area (TPSA) is 51.8 Å². The number of fused-ring (bicyclic) bond motifs is 7. The Hall–Kier alpha value is -7.43. The van der Waals surface area contributed by atoms with Crippen LogP contribution in [0.2, 0.25) is 0 Å². The maximum atomic E-state index is 6.51. The van der Waals surface area contributed by atoms with E-state index in [0.29, 0.717) is 17.5 Å². The molecule has 11 rings (SSSR count). The van der Waals surface area contributed by atoms with E-state index in [2.05, 4.69) is 164 Å². The minimum atomic E-state index is 0.556. The molecule has 0 N–H and O–H groups in total. The molecule has 0 amide bonds. The van der Waals surface area contributed by atoms with Crippen LogP contribution in [0.4, 0.5) is 0 Å². The number of benzene rings is 9. The smallest absolute Gasteiger partial charge is 0.167 e. The van der Waals surface area contributed by atoms with E-state index < -0.39 is 0 Å². The third kappa shape index (κ3) is 5.19. The maximum Gasteiger partial charge on any atom is 0.167 e. The molecule has 0 aliphatic carbocycles. The minimum absolute atomic E-state index is 0.556. The first-order valence-electron chi connectivity index (χ1n) is 18.5. The Bertz CT molecular complexity index is 3270. The average Bonchev–Trinajstić information content (AvgIpc) is 3.65. The van der Waals surface area contributed by atoms with Crippen molar-refractivity contribution in [3.05, 3.63) is 188 Å². The van der Waals surface area contributed by atoms with Crippen molar-refractivity contribution < 1.29 is 4.42 Å². The second kappa shape index (κ2) is 12.6. The van der Waals surface area contributed by atoms with Gasteiger partial charge in [0.25, 0.3) is 0 Å². The van der Waals surface area contributed by atoms with E-state index >= 15 is 0 Å². The quantitative estimate of drug-likeness (QED) is 0.168. The van der Waals surface area contributed by atoms with Crippen LogP contribution in [0.3, 0.4) is 0 Å². The van der Waals surface area contributed by atoms with Crippen LogP contribution >= 0.6 is 0 Å². The number of nitrogens with zero attached hydrogens (tertiary/aromatic N) is 3. The Kier molecular flexibility index (Phi) is 7.14. The predicted molar refractivity (Wildman–Crippen MR) is 227 cm³/mol. The van der Waals surface area contributed by atoms with Crippen molar-refractivity contribution in [2.24, 2.45) is 0 Å². The van der Waals surface area contributed by atoms with Crippen LogP contribution in [-0.4, -0.2) is 15.0 Å². The molecule has 2 aromatic heterocycles. The second-order valence-corrected chi connectivity index (χ2v) is 13.9. The minimum Gasteiger partial charge on any atom is -0.455 e. The highest BCUT2D eigenvalue weighted by molar-refractivity contribution is 6.15. The van der Waals surface area contributed by atoms with Crippen molar-refractivity contribution in [1.82, 2.24) is 15.0 Å². The molecule has 0 fully saturated rings. The van der Waals surface area contributed by atoms with Crippen LogP contribution in [0.25, 0.3) is 111 Å². The third-order valence-corrected chi connectivity index (χ3v) is 10.8. The zero-order chi connectivity index (χ0) is 36.3. The zero-order valence-electron chi connectivity index (χ0n) is 29.6. The zero-order valence-corrected chi connectivity index (χ0v) is 29.6. The monoisotopic (exact) mass is 701 g/mol. The van der Waals surface area contributed by atoms with E-state index in [-0.39, 0.29) is 0 Å². The number of furan rings is 1. The molecular formula is C51H31N3O. The number of rotatable bonds is 5. The Morgan fingerprint density at radius 3 is 1.65 bits per heavy atom. The van der Waals surface area contributed by atoms with E-state index in [9.17, 15) is 0 Å². The standard InChI is InChI=1S/C51H31N3O/c1-3-16-36-32(13-1)15-11-23-37(36)33-27-29-34(30-28-33)49-52-50(54-51(53-49)45-25-12-24-43-42-21-9-10-26-47(42)55-48(43)45)44-22-8-7-20-41(44)46-31-35-14-2-4-17-38(35)39-18-5-6-19-40(39)46/h1-31H. The highest BCUT2D eigenvalue weighted by Crippen LogP contribution is 2.41. The van der Waals surface area contributed by atoms with Crippen molar-refractivity contribution in [2.45, 2.75) is 0 Å². The Labute approximate surface area is 317 Å². The number of aromatic nitrogens is 3. The lowest BCUT2D eigenvalue weighted by molar-refractivity contribution is 0.669. The van der Waals surface area contributed by atoms with Gasteiger partial charge in [0, 0.05) is 21.9 Å². The van der Waals surface area contributed by atoms with E-state index in [1.165, 1.54) is 37.9 Å². The Morgan fingerprint density at radius 1 is 0.291 bits per heavy atom. The lowest BCUT2D eigenvalue weighted by atomic mass is 9.91. The van der Waals surface area contributed by atoms with Crippen LogP contribution in [0.5, 0.6) is 0 Å². The first kappa shape index (κ1) is 31.1. The third-order valence-electron chi connectivity index (χ3n) is 10.8. The highest BCUT2D eigenvalue weighted by Gasteiger charge is 2.20. The van der Waals surface area contributed by atoms with Crippen LogP contribution in [-0.2, 0) is 0 Å². The molecule has 0 aliphatic heterocycles. The van der Waals surface area contributed by atoms with Gasteiger partial charge in [-0.15, -0.1) is 0 Å². The predicted octanol–water partition coefficient (Wildman–Crippen LogP) is 13.6. The summed E-state index contributed by atoms with van der Waals surface area (Å²) in [6.45, 7) is 0. The van der Waals surface area contributed by atoms with E-state index in [0.717, 1.165) is 55.3 Å². The van der Waals surface area contributed by atoms with Gasteiger partial charge in [0.2, 0.25) is 0 Å². The summed E-state index contributed by atoms with van der Waals surface area (Å²) in [5.74, 6) is 1.75. The van der Waals surface area contributed by atoms with Gasteiger partial charge in [-0.05, 0) is 72.8 Å². The fourth-order valence-corrected chi connectivity index (χ4v) is 8.14. The van der Waals surface area contributed by atoms with Gasteiger partial charge in [0.05, 0.1) is 5.56 Å². The molecule has 55 heavy (non-hydrogen) atoms. The molecule has 0 saturated carbocycles. The van der Waals surface area contributed by atoms with Crippen LogP contribution in [0, 0.1) is 0 Å². The number of para-hydroxylation sites is 2. The Balaban J connectivity index is 1.13. The largest absolute Gasteiger partial charge is 0.455 e. The molecule has 0 bridgehead atoms. The first-order chi connectivity index (χ1) is 27.3. The molecule has 0 aliphatic rings. The van der Waals surface area contributed by atoms with Gasteiger partial charge in [-0.2, -0.15) is 0 Å². The van der Waals surface area contributed by atoms with Crippen LogP contribution in [0.15, 0.2) is 192 Å². The van der Waals surface area contributed by atoms with E-state index in [1.54, 1.807) is 0 Å². The fourth-order valence-electron chi connectivity index (χ4n) is 8.14. The lowest BCUT2D eigenvalue weighted by Gasteiger charge is -2.15.